The van der Waals surface area contributed by atoms with Gasteiger partial charge in [-0.25, -0.2) is 4.98 Å². The van der Waals surface area contributed by atoms with Gasteiger partial charge in [0.15, 0.2) is 16.1 Å². The number of nitrogens with zero attached hydrogens (tertiary/aromatic N) is 4. The highest BCUT2D eigenvalue weighted by Gasteiger charge is 2.14. The van der Waals surface area contributed by atoms with Gasteiger partial charge in [-0.15, -0.1) is 21.5 Å². The molecule has 4 aromatic rings. The first-order valence-corrected chi connectivity index (χ1v) is 11.7. The van der Waals surface area contributed by atoms with Gasteiger partial charge in [-0.3, -0.25) is 4.79 Å². The van der Waals surface area contributed by atoms with E-state index in [-0.39, 0.29) is 11.7 Å². The highest BCUT2D eigenvalue weighted by molar-refractivity contribution is 7.99. The Morgan fingerprint density at radius 1 is 1.03 bits per heavy atom. The van der Waals surface area contributed by atoms with E-state index < -0.39 is 0 Å². The minimum atomic E-state index is -0.120. The molecule has 6 nitrogen and oxygen atoms in total. The van der Waals surface area contributed by atoms with Crippen molar-refractivity contribution in [3.8, 4) is 22.6 Å². The minimum absolute atomic E-state index is 0.120. The summed E-state index contributed by atoms with van der Waals surface area (Å²) >= 11 is 2.78. The van der Waals surface area contributed by atoms with E-state index in [0.717, 1.165) is 22.6 Å². The van der Waals surface area contributed by atoms with Crippen LogP contribution in [0.25, 0.3) is 22.6 Å². The van der Waals surface area contributed by atoms with Crippen LogP contribution in [0.3, 0.4) is 0 Å². The number of carbonyl (C=O) groups is 1. The van der Waals surface area contributed by atoms with Gasteiger partial charge >= 0.3 is 0 Å². The zero-order valence-corrected chi connectivity index (χ0v) is 19.5. The van der Waals surface area contributed by atoms with E-state index in [2.05, 4.69) is 52.5 Å². The average Bonchev–Trinajstić information content (AvgIpc) is 3.36. The second-order valence-electron chi connectivity index (χ2n) is 7.41. The van der Waals surface area contributed by atoms with E-state index in [0.29, 0.717) is 10.3 Å². The molecule has 2 aromatic heterocycles. The largest absolute Gasteiger partial charge is 0.305 e. The first-order chi connectivity index (χ1) is 14.9. The summed E-state index contributed by atoms with van der Waals surface area (Å²) < 4.78 is 1.91. The Bertz CT molecular complexity index is 1230. The molecule has 0 radical (unpaired) electrons. The summed E-state index contributed by atoms with van der Waals surface area (Å²) in [6, 6.07) is 14.4. The van der Waals surface area contributed by atoms with Gasteiger partial charge in [-0.1, -0.05) is 53.7 Å². The number of aryl methyl sites for hydroxylation is 3. The number of amides is 1. The van der Waals surface area contributed by atoms with Crippen LogP contribution in [-0.4, -0.2) is 31.4 Å². The fourth-order valence-electron chi connectivity index (χ4n) is 3.04. The number of carbonyl (C=O) groups excluding carboxylic acids is 1. The third kappa shape index (κ3) is 4.86. The van der Waals surface area contributed by atoms with Gasteiger partial charge in [0.1, 0.15) is 0 Å². The van der Waals surface area contributed by atoms with E-state index in [4.69, 9.17) is 0 Å². The van der Waals surface area contributed by atoms with E-state index >= 15 is 0 Å². The summed E-state index contributed by atoms with van der Waals surface area (Å²) in [5.74, 6) is 0.894. The number of thiazole rings is 1. The lowest BCUT2D eigenvalue weighted by Gasteiger charge is -2.05. The quantitative estimate of drug-likeness (QED) is 0.407. The molecule has 8 heteroatoms. The van der Waals surface area contributed by atoms with Crippen molar-refractivity contribution in [2.24, 2.45) is 7.05 Å². The second-order valence-corrected chi connectivity index (χ2v) is 9.21. The SMILES string of the molecule is Cc1ccc(-c2nnc(SCC(=O)Nc3nc(-c4ccc(C)c(C)c4)cs3)n2C)cc1. The predicted molar refractivity (Wildman–Crippen MR) is 128 cm³/mol. The van der Waals surface area contributed by atoms with Crippen LogP contribution >= 0.6 is 23.1 Å². The Labute approximate surface area is 189 Å². The Morgan fingerprint density at radius 3 is 2.52 bits per heavy atom. The van der Waals surface area contributed by atoms with Crippen LogP contribution in [0, 0.1) is 20.8 Å². The number of aromatic nitrogens is 4. The van der Waals surface area contributed by atoms with E-state index in [1.807, 2.05) is 48.2 Å². The molecule has 0 aliphatic heterocycles. The van der Waals surface area contributed by atoms with E-state index in [1.54, 1.807) is 0 Å². The smallest absolute Gasteiger partial charge is 0.236 e. The van der Waals surface area contributed by atoms with Crippen molar-refractivity contribution in [1.29, 1.82) is 0 Å². The molecule has 1 amide bonds. The Balaban J connectivity index is 1.37. The molecular formula is C23H23N5OS2. The van der Waals surface area contributed by atoms with Crippen molar-refractivity contribution in [3.05, 3.63) is 64.5 Å². The highest BCUT2D eigenvalue weighted by Crippen LogP contribution is 2.27. The van der Waals surface area contributed by atoms with Crippen LogP contribution in [0.2, 0.25) is 0 Å². The maximum absolute atomic E-state index is 12.4. The number of hydrogen-bond donors (Lipinski definition) is 1. The van der Waals surface area contributed by atoms with Crippen molar-refractivity contribution in [1.82, 2.24) is 19.7 Å². The molecule has 2 heterocycles. The van der Waals surface area contributed by atoms with E-state index in [9.17, 15) is 4.79 Å². The fourth-order valence-corrected chi connectivity index (χ4v) is 4.49. The van der Waals surface area contributed by atoms with Gasteiger partial charge in [0.05, 0.1) is 11.4 Å². The van der Waals surface area contributed by atoms with Crippen molar-refractivity contribution in [3.63, 3.8) is 0 Å². The van der Waals surface area contributed by atoms with Crippen LogP contribution < -0.4 is 5.32 Å². The number of thioether (sulfide) groups is 1. The predicted octanol–water partition coefficient (Wildman–Crippen LogP) is 5.26. The molecule has 0 saturated carbocycles. The molecule has 0 bridgehead atoms. The number of rotatable bonds is 6. The molecule has 0 aliphatic carbocycles. The first-order valence-electron chi connectivity index (χ1n) is 9.83. The molecule has 31 heavy (non-hydrogen) atoms. The zero-order chi connectivity index (χ0) is 22.0. The van der Waals surface area contributed by atoms with Gasteiger partial charge < -0.3 is 9.88 Å². The summed E-state index contributed by atoms with van der Waals surface area (Å²) in [5.41, 5.74) is 6.59. The summed E-state index contributed by atoms with van der Waals surface area (Å²) in [7, 11) is 1.91. The molecule has 1 N–H and O–H groups in total. The Hall–Kier alpha value is -2.97. The summed E-state index contributed by atoms with van der Waals surface area (Å²) in [6.45, 7) is 6.22. The number of benzene rings is 2. The van der Waals surface area contributed by atoms with Gasteiger partial charge in [-0.2, -0.15) is 0 Å². The molecule has 0 atom stereocenters. The lowest BCUT2D eigenvalue weighted by molar-refractivity contribution is -0.113. The lowest BCUT2D eigenvalue weighted by atomic mass is 10.1. The van der Waals surface area contributed by atoms with Crippen LogP contribution in [0.1, 0.15) is 16.7 Å². The van der Waals surface area contributed by atoms with Gasteiger partial charge in [0.25, 0.3) is 0 Å². The third-order valence-electron chi connectivity index (χ3n) is 5.03. The molecule has 158 valence electrons. The highest BCUT2D eigenvalue weighted by atomic mass is 32.2. The third-order valence-corrected chi connectivity index (χ3v) is 6.81. The molecule has 0 spiro atoms. The topological polar surface area (TPSA) is 72.7 Å². The summed E-state index contributed by atoms with van der Waals surface area (Å²) in [6.07, 6.45) is 0. The number of nitrogens with one attached hydrogen (secondary N) is 1. The maximum Gasteiger partial charge on any atom is 0.236 e. The molecule has 2 aromatic carbocycles. The average molecular weight is 450 g/mol. The van der Waals surface area contributed by atoms with Crippen molar-refractivity contribution in [2.45, 2.75) is 25.9 Å². The van der Waals surface area contributed by atoms with Crippen LogP contribution in [0.5, 0.6) is 0 Å². The van der Waals surface area contributed by atoms with Gasteiger partial charge in [0.2, 0.25) is 5.91 Å². The second kappa shape index (κ2) is 9.03. The lowest BCUT2D eigenvalue weighted by Crippen LogP contribution is -2.14. The summed E-state index contributed by atoms with van der Waals surface area (Å²) in [5, 5.41) is 14.6. The van der Waals surface area contributed by atoms with Crippen molar-refractivity contribution in [2.75, 3.05) is 11.1 Å². The molecule has 0 saturated heterocycles. The monoisotopic (exact) mass is 449 g/mol. The standard InChI is InChI=1S/C23H23N5OS2/c1-14-5-8-17(9-6-14)21-26-27-23(28(21)4)31-13-20(29)25-22-24-19(12-30-22)18-10-7-15(2)16(3)11-18/h5-12H,13H2,1-4H3,(H,24,25,29). The summed E-state index contributed by atoms with van der Waals surface area (Å²) in [4.78, 5) is 17.0. The molecule has 0 fully saturated rings. The maximum atomic E-state index is 12.4. The fraction of sp³-hybridized carbons (Fsp3) is 0.217. The molecule has 0 unspecified atom stereocenters. The van der Waals surface area contributed by atoms with Crippen molar-refractivity contribution < 1.29 is 4.79 Å². The first kappa shape index (κ1) is 21.3. The normalized spacial score (nSPS) is 11.0. The van der Waals surface area contributed by atoms with Crippen LogP contribution in [0.4, 0.5) is 5.13 Å². The van der Waals surface area contributed by atoms with Gasteiger partial charge in [0, 0.05) is 23.6 Å². The number of hydrogen-bond acceptors (Lipinski definition) is 6. The minimum Gasteiger partial charge on any atom is -0.305 e. The zero-order valence-electron chi connectivity index (χ0n) is 17.8. The number of anilines is 1. The molecule has 4 rings (SSSR count). The van der Waals surface area contributed by atoms with Crippen molar-refractivity contribution >= 4 is 34.1 Å². The van der Waals surface area contributed by atoms with Crippen LogP contribution in [-0.2, 0) is 11.8 Å². The van der Waals surface area contributed by atoms with Crippen LogP contribution in [0.15, 0.2) is 53.0 Å². The van der Waals surface area contributed by atoms with Gasteiger partial charge in [-0.05, 0) is 38.0 Å². The Kier molecular flexibility index (Phi) is 6.20. The molecular weight excluding hydrogens is 426 g/mol. The Morgan fingerprint density at radius 2 is 1.77 bits per heavy atom. The molecule has 0 aliphatic rings. The van der Waals surface area contributed by atoms with E-state index in [1.165, 1.54) is 39.8 Å².